The molecule has 8 nitrogen and oxygen atoms in total. The van der Waals surface area contributed by atoms with Crippen LogP contribution >= 0.6 is 23.1 Å². The molecule has 10 heteroatoms. The molecule has 0 atom stereocenters. The summed E-state index contributed by atoms with van der Waals surface area (Å²) in [6, 6.07) is 20.4. The van der Waals surface area contributed by atoms with Crippen LogP contribution in [0.2, 0.25) is 0 Å². The zero-order chi connectivity index (χ0) is 26.6. The summed E-state index contributed by atoms with van der Waals surface area (Å²) in [4.78, 5) is 35.6. The minimum Gasteiger partial charge on any atom is -0.493 e. The molecule has 5 aromatic rings. The van der Waals surface area contributed by atoms with Crippen molar-refractivity contribution in [1.29, 1.82) is 0 Å². The number of nitrogens with one attached hydrogen (secondary N) is 1. The van der Waals surface area contributed by atoms with Gasteiger partial charge in [-0.25, -0.2) is 9.97 Å². The highest BCUT2D eigenvalue weighted by molar-refractivity contribution is 7.99. The van der Waals surface area contributed by atoms with Crippen LogP contribution in [0.5, 0.6) is 11.5 Å². The third-order valence-electron chi connectivity index (χ3n) is 5.86. The molecule has 0 aliphatic rings. The average Bonchev–Trinajstić information content (AvgIpc) is 3.40. The number of aryl methyl sites for hydroxylation is 1. The lowest BCUT2D eigenvalue weighted by Crippen LogP contribution is -2.23. The Bertz CT molecular complexity index is 1700. The average molecular weight is 545 g/mol. The Morgan fingerprint density at radius 1 is 1.00 bits per heavy atom. The van der Waals surface area contributed by atoms with Gasteiger partial charge in [-0.3, -0.25) is 14.2 Å². The number of aromatic nitrogens is 3. The maximum atomic E-state index is 13.4. The lowest BCUT2D eigenvalue weighted by Gasteiger charge is -2.15. The van der Waals surface area contributed by atoms with E-state index in [0.29, 0.717) is 38.4 Å². The highest BCUT2D eigenvalue weighted by atomic mass is 32.2. The third-order valence-corrected chi connectivity index (χ3v) is 7.56. The molecule has 0 saturated carbocycles. The lowest BCUT2D eigenvalue weighted by molar-refractivity contribution is -0.113. The van der Waals surface area contributed by atoms with Gasteiger partial charge in [-0.05, 0) is 48.9 Å². The first kappa shape index (κ1) is 25.5. The van der Waals surface area contributed by atoms with Gasteiger partial charge in [0.05, 0.1) is 42.3 Å². The second-order valence-corrected chi connectivity index (χ2v) is 10.1. The largest absolute Gasteiger partial charge is 0.493 e. The van der Waals surface area contributed by atoms with E-state index in [-0.39, 0.29) is 17.2 Å². The number of hydrogen-bond acceptors (Lipinski definition) is 8. The summed E-state index contributed by atoms with van der Waals surface area (Å²) in [5.74, 6) is 1.04. The predicted molar refractivity (Wildman–Crippen MR) is 152 cm³/mol. The predicted octanol–water partition coefficient (Wildman–Crippen LogP) is 5.57. The van der Waals surface area contributed by atoms with Crippen LogP contribution in [0.1, 0.15) is 5.56 Å². The van der Waals surface area contributed by atoms with E-state index in [4.69, 9.17) is 14.5 Å². The number of nitrogens with zero attached hydrogens (tertiary/aromatic N) is 3. The van der Waals surface area contributed by atoms with Gasteiger partial charge in [0.1, 0.15) is 0 Å². The molecule has 3 aromatic carbocycles. The van der Waals surface area contributed by atoms with Gasteiger partial charge in [0.25, 0.3) is 5.56 Å². The van der Waals surface area contributed by atoms with Crippen molar-refractivity contribution in [2.45, 2.75) is 12.1 Å². The van der Waals surface area contributed by atoms with E-state index in [9.17, 15) is 9.59 Å². The second-order valence-electron chi connectivity index (χ2n) is 8.28. The molecule has 0 spiro atoms. The Hall–Kier alpha value is -4.15. The number of benzene rings is 3. The summed E-state index contributed by atoms with van der Waals surface area (Å²) in [5, 5.41) is 6.16. The van der Waals surface area contributed by atoms with Crippen molar-refractivity contribution < 1.29 is 14.3 Å². The molecular weight excluding hydrogens is 520 g/mol. The van der Waals surface area contributed by atoms with Crippen LogP contribution in [0.25, 0.3) is 27.8 Å². The molecule has 38 heavy (non-hydrogen) atoms. The second kappa shape index (κ2) is 11.1. The molecule has 0 unspecified atom stereocenters. The fraction of sp³-hybridized carbons (Fsp3) is 0.143. The first-order valence-corrected chi connectivity index (χ1v) is 13.5. The van der Waals surface area contributed by atoms with Crippen molar-refractivity contribution in [1.82, 2.24) is 14.5 Å². The summed E-state index contributed by atoms with van der Waals surface area (Å²) in [6.45, 7) is 1.94. The molecule has 1 amide bonds. The number of carbonyl (C=O) groups is 1. The van der Waals surface area contributed by atoms with Crippen LogP contribution < -0.4 is 20.3 Å². The fourth-order valence-corrected chi connectivity index (χ4v) is 5.52. The zero-order valence-corrected chi connectivity index (χ0v) is 22.6. The summed E-state index contributed by atoms with van der Waals surface area (Å²) >= 11 is 2.53. The molecule has 0 aliphatic heterocycles. The Labute approximate surface area is 227 Å². The minimum absolute atomic E-state index is 0.0575. The van der Waals surface area contributed by atoms with E-state index in [2.05, 4.69) is 10.3 Å². The number of para-hydroxylation sites is 2. The van der Waals surface area contributed by atoms with Crippen LogP contribution in [0.3, 0.4) is 0 Å². The van der Waals surface area contributed by atoms with E-state index >= 15 is 0 Å². The topological polar surface area (TPSA) is 95.3 Å². The van der Waals surface area contributed by atoms with E-state index in [1.54, 1.807) is 30.9 Å². The quantitative estimate of drug-likeness (QED) is 0.202. The number of thiazole rings is 1. The first-order valence-electron chi connectivity index (χ1n) is 11.7. The van der Waals surface area contributed by atoms with Gasteiger partial charge in [0.2, 0.25) is 5.91 Å². The van der Waals surface area contributed by atoms with Gasteiger partial charge in [-0.15, -0.1) is 11.3 Å². The Balaban J connectivity index is 1.36. The smallest absolute Gasteiger partial charge is 0.266 e. The summed E-state index contributed by atoms with van der Waals surface area (Å²) in [7, 11) is 3.16. The number of anilines is 1. The molecule has 0 aliphatic carbocycles. The number of methoxy groups -OCH3 is 2. The minimum atomic E-state index is -0.248. The van der Waals surface area contributed by atoms with Gasteiger partial charge in [0.15, 0.2) is 21.8 Å². The van der Waals surface area contributed by atoms with Crippen molar-refractivity contribution in [2.75, 3.05) is 25.3 Å². The fourth-order valence-electron chi connectivity index (χ4n) is 3.98. The maximum absolute atomic E-state index is 13.4. The van der Waals surface area contributed by atoms with Gasteiger partial charge < -0.3 is 14.8 Å². The molecule has 0 saturated heterocycles. The van der Waals surface area contributed by atoms with Crippen molar-refractivity contribution >= 4 is 45.0 Å². The molecule has 1 N–H and O–H groups in total. The van der Waals surface area contributed by atoms with Crippen LogP contribution in [0.15, 0.2) is 82.1 Å². The van der Waals surface area contributed by atoms with E-state index in [1.807, 2.05) is 66.9 Å². The van der Waals surface area contributed by atoms with Crippen LogP contribution in [0.4, 0.5) is 5.13 Å². The normalized spacial score (nSPS) is 10.9. The SMILES string of the molecule is COc1ccc(-c2csc(NC(=O)CSc3nc4ccccc4c(=O)n3-c3ccccc3C)n2)cc1OC. The zero-order valence-electron chi connectivity index (χ0n) is 20.9. The Morgan fingerprint density at radius 3 is 2.55 bits per heavy atom. The van der Waals surface area contributed by atoms with Crippen molar-refractivity contribution in [3.05, 3.63) is 88.0 Å². The summed E-state index contributed by atoms with van der Waals surface area (Å²) in [5.41, 5.74) is 3.64. The van der Waals surface area contributed by atoms with Crippen molar-refractivity contribution in [3.63, 3.8) is 0 Å². The summed E-state index contributed by atoms with van der Waals surface area (Å²) in [6.07, 6.45) is 0. The van der Waals surface area contributed by atoms with Gasteiger partial charge in [0, 0.05) is 10.9 Å². The number of fused-ring (bicyclic) bond motifs is 1. The Morgan fingerprint density at radius 2 is 1.76 bits per heavy atom. The molecule has 192 valence electrons. The van der Waals surface area contributed by atoms with Gasteiger partial charge >= 0.3 is 0 Å². The molecule has 5 rings (SSSR count). The highest BCUT2D eigenvalue weighted by Gasteiger charge is 2.17. The monoisotopic (exact) mass is 544 g/mol. The summed E-state index contributed by atoms with van der Waals surface area (Å²) < 4.78 is 12.2. The third kappa shape index (κ3) is 5.13. The van der Waals surface area contributed by atoms with Crippen molar-refractivity contribution in [2.24, 2.45) is 0 Å². The van der Waals surface area contributed by atoms with E-state index in [1.165, 1.54) is 23.1 Å². The van der Waals surface area contributed by atoms with Crippen molar-refractivity contribution in [3.8, 4) is 28.4 Å². The number of thioether (sulfide) groups is 1. The highest BCUT2D eigenvalue weighted by Crippen LogP contribution is 2.33. The van der Waals surface area contributed by atoms with E-state index < -0.39 is 0 Å². The number of amides is 1. The Kier molecular flexibility index (Phi) is 7.43. The molecule has 2 aromatic heterocycles. The molecular formula is C28H24N4O4S2. The van der Waals surface area contributed by atoms with E-state index in [0.717, 1.165) is 16.8 Å². The number of carbonyl (C=O) groups excluding carboxylic acids is 1. The number of ether oxygens (including phenoxy) is 2. The van der Waals surface area contributed by atoms with Crippen LogP contribution in [-0.4, -0.2) is 40.4 Å². The van der Waals surface area contributed by atoms with Gasteiger partial charge in [-0.2, -0.15) is 0 Å². The standard InChI is InChI=1S/C28H24N4O4S2/c1-17-8-4-7-11-22(17)32-26(34)19-9-5-6-10-20(19)30-28(32)38-16-25(33)31-27-29-21(15-37-27)18-12-13-23(35-2)24(14-18)36-3/h4-15H,16H2,1-3H3,(H,29,31,33). The maximum Gasteiger partial charge on any atom is 0.266 e. The number of hydrogen-bond donors (Lipinski definition) is 1. The molecule has 0 radical (unpaired) electrons. The van der Waals surface area contributed by atoms with Gasteiger partial charge in [-0.1, -0.05) is 42.1 Å². The molecule has 0 bridgehead atoms. The molecule has 2 heterocycles. The lowest BCUT2D eigenvalue weighted by atomic mass is 10.1. The van der Waals surface area contributed by atoms with Crippen LogP contribution in [-0.2, 0) is 4.79 Å². The first-order chi connectivity index (χ1) is 18.5. The van der Waals surface area contributed by atoms with Crippen LogP contribution in [0, 0.1) is 6.92 Å². The molecule has 0 fully saturated rings. The number of rotatable bonds is 8.